The molecule has 224 valence electrons. The first-order valence-electron chi connectivity index (χ1n) is 13.9. The standard InChI is InChI=1S/C36H27ClFN3O3S/c37-30-20-11-21-31(38)29(30)23-32(41-34(42)25-14-6-2-7-15-25)35(43)40-27-18-10-19-28(22-27)45-33(24-12-4-1-5-13-24)36(44)39-26-16-8-3-9-17-26/h1-23,33H,(H,39,44)(H,40,43)(H,41,42)/b32-23+. The molecule has 0 saturated heterocycles. The maximum atomic E-state index is 14.7. The molecule has 0 saturated carbocycles. The number of thioether (sulfide) groups is 1. The number of benzene rings is 5. The van der Waals surface area contributed by atoms with Crippen molar-refractivity contribution in [1.29, 1.82) is 0 Å². The number of nitrogens with one attached hydrogen (secondary N) is 3. The van der Waals surface area contributed by atoms with Gasteiger partial charge in [-0.3, -0.25) is 14.4 Å². The van der Waals surface area contributed by atoms with Crippen LogP contribution in [0.15, 0.2) is 144 Å². The molecule has 0 aliphatic heterocycles. The van der Waals surface area contributed by atoms with E-state index in [1.54, 1.807) is 48.5 Å². The lowest BCUT2D eigenvalue weighted by Crippen LogP contribution is -2.30. The molecular formula is C36H27ClFN3O3S. The smallest absolute Gasteiger partial charge is 0.272 e. The highest BCUT2D eigenvalue weighted by molar-refractivity contribution is 8.00. The summed E-state index contributed by atoms with van der Waals surface area (Å²) in [6.45, 7) is 0. The summed E-state index contributed by atoms with van der Waals surface area (Å²) in [7, 11) is 0. The average molecular weight is 636 g/mol. The lowest BCUT2D eigenvalue weighted by atomic mass is 10.1. The molecule has 5 aromatic rings. The van der Waals surface area contributed by atoms with E-state index in [-0.39, 0.29) is 22.2 Å². The summed E-state index contributed by atoms with van der Waals surface area (Å²) in [5.74, 6) is -2.10. The summed E-state index contributed by atoms with van der Waals surface area (Å²) in [4.78, 5) is 40.7. The third-order valence-corrected chi connectivity index (χ3v) is 8.12. The normalized spacial score (nSPS) is 11.7. The Hall–Kier alpha value is -5.18. The fourth-order valence-electron chi connectivity index (χ4n) is 4.35. The summed E-state index contributed by atoms with van der Waals surface area (Å²) >= 11 is 7.54. The van der Waals surface area contributed by atoms with Crippen molar-refractivity contribution in [3.05, 3.63) is 167 Å². The predicted octanol–water partition coefficient (Wildman–Crippen LogP) is 8.36. The predicted molar refractivity (Wildman–Crippen MR) is 178 cm³/mol. The van der Waals surface area contributed by atoms with Crippen molar-refractivity contribution < 1.29 is 18.8 Å². The Balaban J connectivity index is 1.40. The second-order valence-corrected chi connectivity index (χ2v) is 11.3. The minimum atomic E-state index is -0.692. The van der Waals surface area contributed by atoms with Crippen LogP contribution in [0.3, 0.4) is 0 Å². The Labute approximate surface area is 269 Å². The lowest BCUT2D eigenvalue weighted by Gasteiger charge is -2.18. The van der Waals surface area contributed by atoms with Gasteiger partial charge in [0.1, 0.15) is 16.8 Å². The average Bonchev–Trinajstić information content (AvgIpc) is 3.06. The Morgan fingerprint density at radius 3 is 2.02 bits per heavy atom. The van der Waals surface area contributed by atoms with E-state index in [1.807, 2.05) is 66.7 Å². The number of rotatable bonds is 10. The molecule has 0 bridgehead atoms. The zero-order valence-electron chi connectivity index (χ0n) is 23.7. The van der Waals surface area contributed by atoms with E-state index >= 15 is 0 Å². The topological polar surface area (TPSA) is 87.3 Å². The van der Waals surface area contributed by atoms with Crippen molar-refractivity contribution in [3.63, 3.8) is 0 Å². The van der Waals surface area contributed by atoms with Crippen molar-refractivity contribution in [2.75, 3.05) is 10.6 Å². The maximum Gasteiger partial charge on any atom is 0.272 e. The van der Waals surface area contributed by atoms with Gasteiger partial charge in [0.25, 0.3) is 11.8 Å². The van der Waals surface area contributed by atoms with E-state index < -0.39 is 22.9 Å². The van der Waals surface area contributed by atoms with Gasteiger partial charge < -0.3 is 16.0 Å². The summed E-state index contributed by atoms with van der Waals surface area (Å²) in [6, 6.07) is 38.0. The summed E-state index contributed by atoms with van der Waals surface area (Å²) in [5.41, 5.74) is 1.95. The first-order valence-corrected chi connectivity index (χ1v) is 15.1. The van der Waals surface area contributed by atoms with Crippen LogP contribution in [0, 0.1) is 5.82 Å². The molecule has 45 heavy (non-hydrogen) atoms. The molecule has 0 aliphatic carbocycles. The van der Waals surface area contributed by atoms with Gasteiger partial charge >= 0.3 is 0 Å². The summed E-state index contributed by atoms with van der Waals surface area (Å²) < 4.78 is 14.7. The third-order valence-electron chi connectivity index (χ3n) is 6.54. The molecule has 5 aromatic carbocycles. The molecule has 5 rings (SSSR count). The van der Waals surface area contributed by atoms with Crippen molar-refractivity contribution >= 4 is 58.5 Å². The molecule has 0 aromatic heterocycles. The zero-order valence-corrected chi connectivity index (χ0v) is 25.3. The third kappa shape index (κ3) is 8.47. The fraction of sp³-hybridized carbons (Fsp3) is 0.0278. The van der Waals surface area contributed by atoms with Crippen LogP contribution in [0.25, 0.3) is 6.08 Å². The minimum absolute atomic E-state index is 0.0443. The van der Waals surface area contributed by atoms with Crippen LogP contribution < -0.4 is 16.0 Å². The molecule has 0 aliphatic rings. The number of hydrogen-bond acceptors (Lipinski definition) is 4. The highest BCUT2D eigenvalue weighted by Crippen LogP contribution is 2.37. The number of hydrogen-bond donors (Lipinski definition) is 3. The van der Waals surface area contributed by atoms with Gasteiger partial charge in [-0.1, -0.05) is 90.5 Å². The molecule has 0 heterocycles. The number of halogens is 2. The SMILES string of the molecule is O=C(Nc1cccc(SC(C(=O)Nc2ccccc2)c2ccccc2)c1)/C(=C\c1c(F)cccc1Cl)NC(=O)c1ccccc1. The number of anilines is 2. The largest absolute Gasteiger partial charge is 0.325 e. The monoisotopic (exact) mass is 635 g/mol. The van der Waals surface area contributed by atoms with E-state index in [2.05, 4.69) is 16.0 Å². The Morgan fingerprint density at radius 2 is 1.33 bits per heavy atom. The van der Waals surface area contributed by atoms with Crippen molar-refractivity contribution in [2.24, 2.45) is 0 Å². The second-order valence-electron chi connectivity index (χ2n) is 9.76. The van der Waals surface area contributed by atoms with E-state index in [4.69, 9.17) is 11.6 Å². The molecule has 0 radical (unpaired) electrons. The molecule has 3 N–H and O–H groups in total. The molecule has 1 unspecified atom stereocenters. The van der Waals surface area contributed by atoms with Gasteiger partial charge in [-0.15, -0.1) is 11.8 Å². The van der Waals surface area contributed by atoms with E-state index in [9.17, 15) is 18.8 Å². The van der Waals surface area contributed by atoms with Gasteiger partial charge in [-0.05, 0) is 66.2 Å². The number of amides is 3. The quantitative estimate of drug-likeness (QED) is 0.106. The van der Waals surface area contributed by atoms with Gasteiger partial charge in [-0.25, -0.2) is 4.39 Å². The van der Waals surface area contributed by atoms with Crippen LogP contribution in [0.2, 0.25) is 5.02 Å². The van der Waals surface area contributed by atoms with Crippen LogP contribution in [0.4, 0.5) is 15.8 Å². The van der Waals surface area contributed by atoms with Crippen LogP contribution in [0.1, 0.15) is 26.7 Å². The zero-order chi connectivity index (χ0) is 31.6. The Morgan fingerprint density at radius 1 is 0.711 bits per heavy atom. The van der Waals surface area contributed by atoms with Crippen LogP contribution in [-0.4, -0.2) is 17.7 Å². The molecule has 0 spiro atoms. The second kappa shape index (κ2) is 15.0. The van der Waals surface area contributed by atoms with Crippen LogP contribution >= 0.6 is 23.4 Å². The molecule has 0 fully saturated rings. The van der Waals surface area contributed by atoms with Gasteiger partial charge in [-0.2, -0.15) is 0 Å². The first kappa shape index (κ1) is 31.3. The maximum absolute atomic E-state index is 14.7. The van der Waals surface area contributed by atoms with Crippen molar-refractivity contribution in [1.82, 2.24) is 5.32 Å². The number of carbonyl (C=O) groups is 3. The Bertz CT molecular complexity index is 1820. The lowest BCUT2D eigenvalue weighted by molar-refractivity contribution is -0.116. The number of para-hydroxylation sites is 1. The molecule has 9 heteroatoms. The van der Waals surface area contributed by atoms with Crippen molar-refractivity contribution in [2.45, 2.75) is 10.1 Å². The molecule has 3 amide bonds. The highest BCUT2D eigenvalue weighted by atomic mass is 35.5. The molecular weight excluding hydrogens is 609 g/mol. The first-order chi connectivity index (χ1) is 21.9. The van der Waals surface area contributed by atoms with E-state index in [0.29, 0.717) is 21.8 Å². The fourth-order valence-corrected chi connectivity index (χ4v) is 5.65. The van der Waals surface area contributed by atoms with Gasteiger partial charge in [0, 0.05) is 27.4 Å². The van der Waals surface area contributed by atoms with Crippen molar-refractivity contribution in [3.8, 4) is 0 Å². The molecule has 1 atom stereocenters. The van der Waals surface area contributed by atoms with Gasteiger partial charge in [0.05, 0.1) is 5.02 Å². The minimum Gasteiger partial charge on any atom is -0.325 e. The van der Waals surface area contributed by atoms with Gasteiger partial charge in [0.2, 0.25) is 5.91 Å². The van der Waals surface area contributed by atoms with Crippen LogP contribution in [0.5, 0.6) is 0 Å². The van der Waals surface area contributed by atoms with E-state index in [0.717, 1.165) is 5.56 Å². The summed E-state index contributed by atoms with van der Waals surface area (Å²) in [6.07, 6.45) is 1.20. The highest BCUT2D eigenvalue weighted by Gasteiger charge is 2.23. The summed E-state index contributed by atoms with van der Waals surface area (Å²) in [5, 5.41) is 7.82. The van der Waals surface area contributed by atoms with Gasteiger partial charge in [0.15, 0.2) is 0 Å². The Kier molecular flexibility index (Phi) is 10.4. The molecule has 6 nitrogen and oxygen atoms in total. The van der Waals surface area contributed by atoms with E-state index in [1.165, 1.54) is 36.0 Å². The number of carbonyl (C=O) groups excluding carboxylic acids is 3. The van der Waals surface area contributed by atoms with Crippen LogP contribution in [-0.2, 0) is 9.59 Å².